The summed E-state index contributed by atoms with van der Waals surface area (Å²) in [7, 11) is 1.40. The summed E-state index contributed by atoms with van der Waals surface area (Å²) in [5.74, 6) is 0.653. The van der Waals surface area contributed by atoms with Crippen molar-refractivity contribution in [3.05, 3.63) is 29.8 Å². The van der Waals surface area contributed by atoms with E-state index in [4.69, 9.17) is 4.74 Å². The van der Waals surface area contributed by atoms with Gasteiger partial charge in [-0.1, -0.05) is 18.2 Å². The summed E-state index contributed by atoms with van der Waals surface area (Å²) >= 11 is 0. The van der Waals surface area contributed by atoms with Crippen LogP contribution in [0.4, 0.5) is 0 Å². The average molecular weight is 222 g/mol. The van der Waals surface area contributed by atoms with Crippen LogP contribution in [0, 0.1) is 0 Å². The molecule has 1 aromatic rings. The van der Waals surface area contributed by atoms with Crippen LogP contribution in [-0.2, 0) is 16.0 Å². The summed E-state index contributed by atoms with van der Waals surface area (Å²) in [6.07, 6.45) is 1.17. The average Bonchev–Trinajstić information content (AvgIpc) is 2.26. The summed E-state index contributed by atoms with van der Waals surface area (Å²) in [5, 5.41) is 0. The molecule has 0 aliphatic rings. The molecule has 0 bridgehead atoms. The maximum Gasteiger partial charge on any atom is 0.305 e. The third kappa shape index (κ3) is 3.93. The van der Waals surface area contributed by atoms with Crippen molar-refractivity contribution in [3.63, 3.8) is 0 Å². The molecule has 0 fully saturated rings. The molecule has 16 heavy (non-hydrogen) atoms. The van der Waals surface area contributed by atoms with Gasteiger partial charge < -0.3 is 9.47 Å². The Kier molecular flexibility index (Phi) is 4.83. The molecule has 0 spiro atoms. The van der Waals surface area contributed by atoms with E-state index in [9.17, 15) is 4.79 Å². The van der Waals surface area contributed by atoms with Crippen LogP contribution in [0.3, 0.4) is 0 Å². The van der Waals surface area contributed by atoms with Crippen LogP contribution in [0.15, 0.2) is 24.3 Å². The molecule has 0 N–H and O–H groups in total. The molecule has 0 saturated carbocycles. The van der Waals surface area contributed by atoms with Crippen LogP contribution in [-0.4, -0.2) is 19.2 Å². The van der Waals surface area contributed by atoms with Crippen molar-refractivity contribution in [2.45, 2.75) is 32.8 Å². The highest BCUT2D eigenvalue weighted by Crippen LogP contribution is 2.20. The number of carbonyl (C=O) groups is 1. The molecule has 88 valence electrons. The normalized spacial score (nSPS) is 10.2. The van der Waals surface area contributed by atoms with Gasteiger partial charge in [0, 0.05) is 6.42 Å². The van der Waals surface area contributed by atoms with Gasteiger partial charge in [0.1, 0.15) is 5.75 Å². The summed E-state index contributed by atoms with van der Waals surface area (Å²) in [5.41, 5.74) is 1.04. The Morgan fingerprint density at radius 1 is 1.31 bits per heavy atom. The standard InChI is InChI=1S/C13H18O3/c1-10(2)16-12-7-5-4-6-11(12)8-9-13(14)15-3/h4-7,10H,8-9H2,1-3H3. The fourth-order valence-corrected chi connectivity index (χ4v) is 1.42. The summed E-state index contributed by atoms with van der Waals surface area (Å²) in [6, 6.07) is 7.77. The van der Waals surface area contributed by atoms with E-state index in [1.54, 1.807) is 0 Å². The Labute approximate surface area is 96.4 Å². The van der Waals surface area contributed by atoms with Crippen molar-refractivity contribution in [1.29, 1.82) is 0 Å². The highest BCUT2D eigenvalue weighted by atomic mass is 16.5. The first-order chi connectivity index (χ1) is 7.63. The first-order valence-electron chi connectivity index (χ1n) is 5.45. The zero-order chi connectivity index (χ0) is 12.0. The summed E-state index contributed by atoms with van der Waals surface area (Å²) in [6.45, 7) is 3.97. The molecule has 3 heteroatoms. The predicted molar refractivity (Wildman–Crippen MR) is 62.5 cm³/mol. The SMILES string of the molecule is COC(=O)CCc1ccccc1OC(C)C. The lowest BCUT2D eigenvalue weighted by Gasteiger charge is -2.13. The van der Waals surface area contributed by atoms with Gasteiger partial charge in [-0.05, 0) is 31.9 Å². The maximum absolute atomic E-state index is 11.1. The number of hydrogen-bond donors (Lipinski definition) is 0. The van der Waals surface area contributed by atoms with Crippen molar-refractivity contribution in [2.24, 2.45) is 0 Å². The van der Waals surface area contributed by atoms with Crippen LogP contribution >= 0.6 is 0 Å². The molecule has 0 saturated heterocycles. The lowest BCUT2D eigenvalue weighted by molar-refractivity contribution is -0.140. The lowest BCUT2D eigenvalue weighted by Crippen LogP contribution is -2.08. The minimum Gasteiger partial charge on any atom is -0.491 e. The molecule has 0 aliphatic carbocycles. The molecule has 1 rings (SSSR count). The van der Waals surface area contributed by atoms with Gasteiger partial charge in [0.15, 0.2) is 0 Å². The fraction of sp³-hybridized carbons (Fsp3) is 0.462. The molecule has 0 amide bonds. The Morgan fingerprint density at radius 2 is 2.00 bits per heavy atom. The summed E-state index contributed by atoms with van der Waals surface area (Å²) < 4.78 is 10.3. The number of methoxy groups -OCH3 is 1. The molecule has 0 aromatic heterocycles. The molecule has 0 aliphatic heterocycles. The molecular weight excluding hydrogens is 204 g/mol. The van der Waals surface area contributed by atoms with E-state index in [1.165, 1.54) is 7.11 Å². The minimum absolute atomic E-state index is 0.138. The highest BCUT2D eigenvalue weighted by molar-refractivity contribution is 5.69. The maximum atomic E-state index is 11.1. The quantitative estimate of drug-likeness (QED) is 0.718. The first-order valence-corrected chi connectivity index (χ1v) is 5.45. The van der Waals surface area contributed by atoms with Crippen molar-refractivity contribution in [3.8, 4) is 5.75 Å². The molecule has 0 unspecified atom stereocenters. The topological polar surface area (TPSA) is 35.5 Å². The lowest BCUT2D eigenvalue weighted by atomic mass is 10.1. The van der Waals surface area contributed by atoms with E-state index in [0.29, 0.717) is 12.8 Å². The van der Waals surface area contributed by atoms with Gasteiger partial charge in [-0.15, -0.1) is 0 Å². The number of hydrogen-bond acceptors (Lipinski definition) is 3. The van der Waals surface area contributed by atoms with Gasteiger partial charge in [0.05, 0.1) is 13.2 Å². The van der Waals surface area contributed by atoms with Gasteiger partial charge in [0.2, 0.25) is 0 Å². The first kappa shape index (κ1) is 12.6. The van der Waals surface area contributed by atoms with Crippen molar-refractivity contribution in [1.82, 2.24) is 0 Å². The number of carbonyl (C=O) groups excluding carboxylic acids is 1. The van der Waals surface area contributed by atoms with Crippen LogP contribution in [0.1, 0.15) is 25.8 Å². The number of esters is 1. The van der Waals surface area contributed by atoms with Gasteiger partial charge in [-0.3, -0.25) is 4.79 Å². The van der Waals surface area contributed by atoms with Gasteiger partial charge in [-0.25, -0.2) is 0 Å². The molecule has 0 atom stereocenters. The second kappa shape index (κ2) is 6.16. The Bertz CT molecular complexity index is 345. The van der Waals surface area contributed by atoms with Crippen molar-refractivity contribution >= 4 is 5.97 Å². The third-order valence-electron chi connectivity index (χ3n) is 2.16. The molecule has 0 radical (unpaired) electrons. The van der Waals surface area contributed by atoms with E-state index < -0.39 is 0 Å². The molecule has 1 aromatic carbocycles. The number of ether oxygens (including phenoxy) is 2. The van der Waals surface area contributed by atoms with E-state index in [0.717, 1.165) is 11.3 Å². The number of benzene rings is 1. The largest absolute Gasteiger partial charge is 0.491 e. The second-order valence-corrected chi connectivity index (χ2v) is 3.85. The van der Waals surface area contributed by atoms with Gasteiger partial charge in [0.25, 0.3) is 0 Å². The van der Waals surface area contributed by atoms with E-state index in [-0.39, 0.29) is 12.1 Å². The zero-order valence-electron chi connectivity index (χ0n) is 10.0. The third-order valence-corrected chi connectivity index (χ3v) is 2.16. The zero-order valence-corrected chi connectivity index (χ0v) is 10.0. The van der Waals surface area contributed by atoms with Crippen molar-refractivity contribution < 1.29 is 14.3 Å². The minimum atomic E-state index is -0.195. The predicted octanol–water partition coefficient (Wildman–Crippen LogP) is 2.58. The van der Waals surface area contributed by atoms with Crippen LogP contribution in [0.2, 0.25) is 0 Å². The number of para-hydroxylation sites is 1. The Balaban J connectivity index is 2.67. The van der Waals surface area contributed by atoms with Gasteiger partial charge in [-0.2, -0.15) is 0 Å². The van der Waals surface area contributed by atoms with Gasteiger partial charge >= 0.3 is 5.97 Å². The molecule has 0 heterocycles. The van der Waals surface area contributed by atoms with Crippen molar-refractivity contribution in [2.75, 3.05) is 7.11 Å². The van der Waals surface area contributed by atoms with E-state index >= 15 is 0 Å². The Morgan fingerprint density at radius 3 is 2.62 bits per heavy atom. The second-order valence-electron chi connectivity index (χ2n) is 3.85. The molecule has 3 nitrogen and oxygen atoms in total. The highest BCUT2D eigenvalue weighted by Gasteiger charge is 2.07. The monoisotopic (exact) mass is 222 g/mol. The smallest absolute Gasteiger partial charge is 0.305 e. The number of aryl methyl sites for hydroxylation is 1. The number of rotatable bonds is 5. The Hall–Kier alpha value is -1.51. The van der Waals surface area contributed by atoms with E-state index in [2.05, 4.69) is 4.74 Å². The fourth-order valence-electron chi connectivity index (χ4n) is 1.42. The van der Waals surface area contributed by atoms with Crippen LogP contribution in [0.5, 0.6) is 5.75 Å². The van der Waals surface area contributed by atoms with Crippen LogP contribution in [0.25, 0.3) is 0 Å². The summed E-state index contributed by atoms with van der Waals surface area (Å²) in [4.78, 5) is 11.1. The van der Waals surface area contributed by atoms with Crippen LogP contribution < -0.4 is 4.74 Å². The van der Waals surface area contributed by atoms with E-state index in [1.807, 2.05) is 38.1 Å². The molecular formula is C13H18O3.